The van der Waals surface area contributed by atoms with Crippen LogP contribution in [-0.2, 0) is 70.4 Å². The number of amides is 1. The first kappa shape index (κ1) is 43.0. The van der Waals surface area contributed by atoms with E-state index in [0.29, 0.717) is 56.3 Å². The third-order valence-corrected chi connectivity index (χ3v) is 16.2. The molecule has 19 heteroatoms. The number of hydrogen-bond donors (Lipinski definition) is 4. The Kier molecular flexibility index (Phi) is 11.6. The van der Waals surface area contributed by atoms with E-state index >= 15 is 0 Å². The van der Waals surface area contributed by atoms with E-state index in [1.165, 1.54) is 47.8 Å². The quantitative estimate of drug-likeness (QED) is 0.113. The number of alkyl halides is 3. The summed E-state index contributed by atoms with van der Waals surface area (Å²) in [6, 6.07) is 16.8. The fraction of sp³-hybridized carbons (Fsp3) is 0.261. The van der Waals surface area contributed by atoms with Crippen molar-refractivity contribution < 1.29 is 37.5 Å². The number of fused-ring (bicyclic) bond motifs is 8. The summed E-state index contributed by atoms with van der Waals surface area (Å²) in [6.45, 7) is 0.0444. The van der Waals surface area contributed by atoms with Gasteiger partial charge in [0.15, 0.2) is 10.2 Å². The number of nitrogens with zero attached hydrogens (tertiary/aromatic N) is 4. The Bertz CT molecular complexity index is 3100. The number of carboxylic acids is 1. The normalized spacial score (nSPS) is 17.5. The van der Waals surface area contributed by atoms with Crippen LogP contribution in [0, 0.1) is 11.8 Å². The van der Waals surface area contributed by atoms with Gasteiger partial charge in [-0.1, -0.05) is 47.8 Å². The topological polar surface area (TPSA) is 176 Å². The molecule has 2 unspecified atom stereocenters. The largest absolute Gasteiger partial charge is 0.481 e. The fourth-order valence-electron chi connectivity index (χ4n) is 8.68. The summed E-state index contributed by atoms with van der Waals surface area (Å²) < 4.78 is 39.0. The lowest BCUT2D eigenvalue weighted by molar-refractivity contribution is -0.142. The Morgan fingerprint density at radius 2 is 1.25 bits per heavy atom. The molecule has 0 radical (unpaired) electrons. The average molecular weight is 952 g/mol. The predicted molar refractivity (Wildman–Crippen MR) is 245 cm³/mol. The first-order chi connectivity index (χ1) is 31.3. The van der Waals surface area contributed by atoms with Crippen LogP contribution >= 0.6 is 46.2 Å². The first-order valence-electron chi connectivity index (χ1n) is 20.7. The van der Waals surface area contributed by atoms with Crippen molar-refractivity contribution in [2.75, 3.05) is 10.6 Å². The summed E-state index contributed by atoms with van der Waals surface area (Å²) in [5.41, 5.74) is 5.80. The number of halogens is 3. The van der Waals surface area contributed by atoms with E-state index in [0.717, 1.165) is 92.4 Å². The number of aliphatic carboxylic acids is 1. The summed E-state index contributed by atoms with van der Waals surface area (Å²) >= 11 is 5.64. The maximum atomic E-state index is 13.0. The minimum atomic E-state index is -4.42. The van der Waals surface area contributed by atoms with Crippen LogP contribution in [0.15, 0.2) is 83.1 Å². The van der Waals surface area contributed by atoms with Crippen LogP contribution in [0.4, 0.5) is 36.2 Å². The molecule has 0 bridgehead atoms. The molecule has 1 amide bonds. The molecule has 0 saturated heterocycles. The van der Waals surface area contributed by atoms with E-state index in [4.69, 9.17) is 0 Å². The van der Waals surface area contributed by atoms with Crippen LogP contribution in [-0.4, -0.2) is 47.1 Å². The minimum Gasteiger partial charge on any atom is -0.481 e. The van der Waals surface area contributed by atoms with Gasteiger partial charge in [-0.15, -0.1) is 22.7 Å². The Balaban J connectivity index is 0.000000162. The summed E-state index contributed by atoms with van der Waals surface area (Å²) in [7, 11) is 0. The highest BCUT2D eigenvalue weighted by atomic mass is 32.2. The van der Waals surface area contributed by atoms with Gasteiger partial charge in [0.2, 0.25) is 5.91 Å². The number of thiophene rings is 2. The lowest BCUT2D eigenvalue weighted by atomic mass is 9.87. The van der Waals surface area contributed by atoms with Gasteiger partial charge in [0.05, 0.1) is 22.3 Å². The molecular weight excluding hydrogens is 916 g/mol. The van der Waals surface area contributed by atoms with Gasteiger partial charge in [0.25, 0.3) is 0 Å². The van der Waals surface area contributed by atoms with Crippen molar-refractivity contribution in [3.63, 3.8) is 0 Å². The number of aryl methyl sites for hydroxylation is 2. The number of aromatic nitrogens is 4. The van der Waals surface area contributed by atoms with E-state index in [9.17, 15) is 37.5 Å². The van der Waals surface area contributed by atoms with Crippen LogP contribution in [0.25, 0.3) is 20.4 Å². The third-order valence-electron chi connectivity index (χ3n) is 11.9. The summed E-state index contributed by atoms with van der Waals surface area (Å²) in [5, 5.41) is 21.1. The molecule has 0 saturated carbocycles. The first-order valence-corrected chi connectivity index (χ1v) is 24.0. The number of anilines is 4. The van der Waals surface area contributed by atoms with E-state index in [2.05, 4.69) is 35.9 Å². The van der Waals surface area contributed by atoms with Crippen molar-refractivity contribution in [3.8, 4) is 0 Å². The van der Waals surface area contributed by atoms with E-state index < -0.39 is 17.7 Å². The molecule has 4 N–H and O–H groups in total. The molecule has 65 heavy (non-hydrogen) atoms. The smallest absolute Gasteiger partial charge is 0.416 e. The molecule has 2 aliphatic heterocycles. The Morgan fingerprint density at radius 3 is 1.78 bits per heavy atom. The molecular formula is C46H36F3N7O5S4. The molecule has 330 valence electrons. The molecule has 0 fully saturated rings. The monoisotopic (exact) mass is 951 g/mol. The number of carboxylic acid groups (broad SMARTS) is 1. The molecule has 4 aromatic heterocycles. The number of carbonyl (C=O) groups is 4. The number of rotatable bonds is 8. The second-order valence-electron chi connectivity index (χ2n) is 16.1. The van der Waals surface area contributed by atoms with Crippen LogP contribution in [0.2, 0.25) is 0 Å². The third kappa shape index (κ3) is 8.93. The van der Waals surface area contributed by atoms with E-state index in [-0.39, 0.29) is 34.5 Å². The molecule has 12 nitrogen and oxygen atoms in total. The highest BCUT2D eigenvalue weighted by Crippen LogP contribution is 2.43. The van der Waals surface area contributed by atoms with E-state index in [1.807, 2.05) is 36.4 Å². The van der Waals surface area contributed by atoms with Crippen LogP contribution in [0.1, 0.15) is 56.0 Å². The van der Waals surface area contributed by atoms with Crippen molar-refractivity contribution in [1.29, 1.82) is 0 Å². The molecule has 2 atom stereocenters. The molecule has 3 aromatic carbocycles. The van der Waals surface area contributed by atoms with E-state index in [1.54, 1.807) is 28.7 Å². The second kappa shape index (κ2) is 17.5. The maximum absolute atomic E-state index is 13.0. The summed E-state index contributed by atoms with van der Waals surface area (Å²) in [5.74, 6) is -0.0548. The van der Waals surface area contributed by atoms with Crippen LogP contribution in [0.5, 0.6) is 0 Å². The molecule has 2 aliphatic carbocycles. The Morgan fingerprint density at radius 1 is 0.708 bits per heavy atom. The highest BCUT2D eigenvalue weighted by Gasteiger charge is 2.33. The van der Waals surface area contributed by atoms with Gasteiger partial charge < -0.3 is 21.1 Å². The standard InChI is InChI=1S/C27H21F3N4O2S2.C19H15N3O3S2/c28-27(29,30)17-3-1-2-14(8-17)12-31-25(36)16-5-7-19-21(9-16)38-26-23(19)24(32-13-33-26)34-18-6-4-15-10-22(35)37-20(15)11-18;23-15-6-9-1-3-11(7-13(9)26-15)22-17-16-12-4-2-10(19(24)25)5-14(12)27-18(16)21-8-20-17/h1-4,6,8,11,13,16H,5,7,9-10,12H2,(H,31,36)(H,32,33,34);1,3,7-8,10H,2,4-6H2,(H,24,25)(H,20,21,22). The minimum absolute atomic E-state index is 0.0444. The molecule has 0 spiro atoms. The SMILES string of the molecule is O=C1Cc2ccc(Nc3ncnc4sc5c(c34)CCC(C(=O)NCc3cccc(C(F)(F)F)c3)C5)cc2S1.O=C1Cc2ccc(Nc3ncnc4sc5c(c34)CCC(C(=O)O)C5)cc2S1. The van der Waals surface area contributed by atoms with Gasteiger partial charge >= 0.3 is 12.1 Å². The second-order valence-corrected chi connectivity index (χ2v) is 20.5. The zero-order valence-corrected chi connectivity index (χ0v) is 37.3. The van der Waals surface area contributed by atoms with Gasteiger partial charge in [0, 0.05) is 56.2 Å². The number of benzene rings is 3. The number of nitrogens with one attached hydrogen (secondary N) is 3. The van der Waals surface area contributed by atoms with Crippen molar-refractivity contribution in [3.05, 3.63) is 116 Å². The zero-order chi connectivity index (χ0) is 45.0. The van der Waals surface area contributed by atoms with Crippen molar-refractivity contribution in [1.82, 2.24) is 25.3 Å². The molecule has 4 aliphatic rings. The van der Waals surface area contributed by atoms with Crippen molar-refractivity contribution in [2.24, 2.45) is 11.8 Å². The van der Waals surface area contributed by atoms with Gasteiger partial charge in [-0.05, 0) is 103 Å². The maximum Gasteiger partial charge on any atom is 0.416 e. The molecule has 7 aromatic rings. The van der Waals surface area contributed by atoms with Crippen LogP contribution < -0.4 is 16.0 Å². The molecule has 11 rings (SSSR count). The fourth-order valence-corrected chi connectivity index (χ4v) is 13.1. The van der Waals surface area contributed by atoms with Crippen molar-refractivity contribution in [2.45, 2.75) is 73.9 Å². The summed E-state index contributed by atoms with van der Waals surface area (Å²) in [6.07, 6.45) is 3.33. The average Bonchev–Trinajstić information content (AvgIpc) is 4.06. The summed E-state index contributed by atoms with van der Waals surface area (Å²) in [4.78, 5) is 71.3. The van der Waals surface area contributed by atoms with Gasteiger partial charge in [-0.25, -0.2) is 19.9 Å². The zero-order valence-electron chi connectivity index (χ0n) is 34.1. The predicted octanol–water partition coefficient (Wildman–Crippen LogP) is 9.85. The van der Waals surface area contributed by atoms with Crippen molar-refractivity contribution >= 4 is 112 Å². The lowest BCUT2D eigenvalue weighted by Gasteiger charge is -2.22. The van der Waals surface area contributed by atoms with Gasteiger partial charge in [-0.3, -0.25) is 19.2 Å². The Hall–Kier alpha value is -5.89. The Labute approximate surface area is 385 Å². The van der Waals surface area contributed by atoms with Crippen LogP contribution in [0.3, 0.4) is 0 Å². The number of carbonyl (C=O) groups excluding carboxylic acids is 3. The number of hydrogen-bond acceptors (Lipinski definition) is 14. The number of thioether (sulfide) groups is 2. The highest BCUT2D eigenvalue weighted by molar-refractivity contribution is 8.14. The van der Waals surface area contributed by atoms with Gasteiger partial charge in [-0.2, -0.15) is 13.2 Å². The lowest BCUT2D eigenvalue weighted by Crippen LogP contribution is -2.33. The van der Waals surface area contributed by atoms with Gasteiger partial charge in [0.1, 0.15) is 34.0 Å². The molecule has 6 heterocycles.